The van der Waals surface area contributed by atoms with Gasteiger partial charge in [0.05, 0.1) is 0 Å². The molecule has 1 amide bonds. The lowest BCUT2D eigenvalue weighted by Crippen LogP contribution is -2.36. The SMILES string of the molecule is O=C(c1ccc(NCCc2ccccc2F)nn1)N1CCc2ccccc2C1. The number of carbonyl (C=O) groups is 1. The van der Waals surface area contributed by atoms with Crippen molar-refractivity contribution < 1.29 is 9.18 Å². The lowest BCUT2D eigenvalue weighted by molar-refractivity contribution is 0.0727. The number of nitrogens with zero attached hydrogens (tertiary/aromatic N) is 3. The van der Waals surface area contributed by atoms with E-state index in [1.54, 1.807) is 29.2 Å². The van der Waals surface area contributed by atoms with Crippen LogP contribution in [0.2, 0.25) is 0 Å². The van der Waals surface area contributed by atoms with Crippen molar-refractivity contribution in [1.82, 2.24) is 15.1 Å². The molecule has 0 bridgehead atoms. The number of aromatic nitrogens is 2. The van der Waals surface area contributed by atoms with Gasteiger partial charge in [0.2, 0.25) is 0 Å². The summed E-state index contributed by atoms with van der Waals surface area (Å²) in [6.45, 7) is 1.81. The Labute approximate surface area is 163 Å². The summed E-state index contributed by atoms with van der Waals surface area (Å²) in [5.41, 5.74) is 3.47. The molecule has 0 saturated heterocycles. The summed E-state index contributed by atoms with van der Waals surface area (Å²) < 4.78 is 13.6. The number of hydrogen-bond donors (Lipinski definition) is 1. The number of nitrogens with one attached hydrogen (secondary N) is 1. The molecule has 28 heavy (non-hydrogen) atoms. The zero-order valence-corrected chi connectivity index (χ0v) is 15.4. The number of amides is 1. The second-order valence-electron chi connectivity index (χ2n) is 6.82. The molecular weight excluding hydrogens is 355 g/mol. The molecule has 1 aliphatic heterocycles. The molecule has 0 aliphatic carbocycles. The molecule has 4 rings (SSSR count). The smallest absolute Gasteiger partial charge is 0.274 e. The van der Waals surface area contributed by atoms with Crippen LogP contribution in [0.5, 0.6) is 0 Å². The highest BCUT2D eigenvalue weighted by Crippen LogP contribution is 2.20. The van der Waals surface area contributed by atoms with Crippen LogP contribution in [0, 0.1) is 5.82 Å². The fraction of sp³-hybridized carbons (Fsp3) is 0.227. The normalized spacial score (nSPS) is 13.1. The first kappa shape index (κ1) is 18.1. The molecule has 0 radical (unpaired) electrons. The summed E-state index contributed by atoms with van der Waals surface area (Å²) >= 11 is 0. The average Bonchev–Trinajstić information content (AvgIpc) is 2.75. The van der Waals surface area contributed by atoms with Crippen molar-refractivity contribution in [2.45, 2.75) is 19.4 Å². The van der Waals surface area contributed by atoms with Crippen LogP contribution in [0.3, 0.4) is 0 Å². The Hall–Kier alpha value is -3.28. The minimum atomic E-state index is -0.209. The molecule has 1 aliphatic rings. The van der Waals surface area contributed by atoms with E-state index in [9.17, 15) is 9.18 Å². The number of fused-ring (bicyclic) bond motifs is 1. The summed E-state index contributed by atoms with van der Waals surface area (Å²) in [5.74, 6) is 0.247. The third-order valence-electron chi connectivity index (χ3n) is 4.96. The predicted molar refractivity (Wildman–Crippen MR) is 106 cm³/mol. The first-order valence-corrected chi connectivity index (χ1v) is 9.38. The van der Waals surface area contributed by atoms with E-state index < -0.39 is 0 Å². The van der Waals surface area contributed by atoms with E-state index in [0.717, 1.165) is 6.42 Å². The maximum atomic E-state index is 13.6. The van der Waals surface area contributed by atoms with E-state index in [1.807, 2.05) is 18.2 Å². The molecule has 0 spiro atoms. The fourth-order valence-corrected chi connectivity index (χ4v) is 3.40. The number of hydrogen-bond acceptors (Lipinski definition) is 4. The highest BCUT2D eigenvalue weighted by molar-refractivity contribution is 5.92. The topological polar surface area (TPSA) is 58.1 Å². The Morgan fingerprint density at radius 1 is 1.00 bits per heavy atom. The monoisotopic (exact) mass is 376 g/mol. The van der Waals surface area contributed by atoms with Gasteiger partial charge in [-0.25, -0.2) is 4.39 Å². The van der Waals surface area contributed by atoms with Crippen LogP contribution >= 0.6 is 0 Å². The standard InChI is InChI=1S/C22H21FN4O/c23-19-8-4-3-6-17(19)11-13-24-21-10-9-20(25-26-21)22(28)27-14-12-16-5-1-2-7-18(16)15-27/h1-10H,11-15H2,(H,24,26). The van der Waals surface area contributed by atoms with Crippen molar-refractivity contribution in [2.75, 3.05) is 18.4 Å². The summed E-state index contributed by atoms with van der Waals surface area (Å²) in [6.07, 6.45) is 1.40. The second kappa shape index (κ2) is 8.17. The Morgan fingerprint density at radius 2 is 1.79 bits per heavy atom. The molecule has 2 heterocycles. The van der Waals surface area contributed by atoms with E-state index in [0.29, 0.717) is 43.1 Å². The second-order valence-corrected chi connectivity index (χ2v) is 6.82. The van der Waals surface area contributed by atoms with Gasteiger partial charge in [0.1, 0.15) is 11.6 Å². The summed E-state index contributed by atoms with van der Waals surface area (Å²) in [6, 6.07) is 18.3. The number of anilines is 1. The molecule has 3 aromatic rings. The van der Waals surface area contributed by atoms with E-state index in [2.05, 4.69) is 27.6 Å². The highest BCUT2D eigenvalue weighted by Gasteiger charge is 2.22. The molecule has 1 aromatic heterocycles. The molecule has 0 unspecified atom stereocenters. The Kier molecular flexibility index (Phi) is 5.28. The van der Waals surface area contributed by atoms with Crippen molar-refractivity contribution >= 4 is 11.7 Å². The average molecular weight is 376 g/mol. The van der Waals surface area contributed by atoms with Gasteiger partial charge in [-0.05, 0) is 47.7 Å². The quantitative estimate of drug-likeness (QED) is 0.741. The van der Waals surface area contributed by atoms with E-state index >= 15 is 0 Å². The summed E-state index contributed by atoms with van der Waals surface area (Å²) in [7, 11) is 0. The minimum absolute atomic E-state index is 0.111. The van der Waals surface area contributed by atoms with Crippen molar-refractivity contribution in [3.63, 3.8) is 0 Å². The van der Waals surface area contributed by atoms with Gasteiger partial charge in [-0.3, -0.25) is 4.79 Å². The highest BCUT2D eigenvalue weighted by atomic mass is 19.1. The Balaban J connectivity index is 1.34. The van der Waals surface area contributed by atoms with E-state index in [-0.39, 0.29) is 11.7 Å². The third-order valence-corrected chi connectivity index (χ3v) is 4.96. The number of carbonyl (C=O) groups excluding carboxylic acids is 1. The molecule has 0 saturated carbocycles. The lowest BCUT2D eigenvalue weighted by atomic mass is 10.00. The first-order chi connectivity index (χ1) is 13.7. The molecule has 142 valence electrons. The Bertz CT molecular complexity index is 974. The van der Waals surface area contributed by atoms with Crippen LogP contribution < -0.4 is 5.32 Å². The number of halogens is 1. The molecule has 1 N–H and O–H groups in total. The molecular formula is C22H21FN4O. The van der Waals surface area contributed by atoms with Crippen LogP contribution in [0.25, 0.3) is 0 Å². The lowest BCUT2D eigenvalue weighted by Gasteiger charge is -2.28. The van der Waals surface area contributed by atoms with Crippen LogP contribution in [-0.4, -0.2) is 34.1 Å². The molecule has 0 fully saturated rings. The molecule has 0 atom stereocenters. The zero-order chi connectivity index (χ0) is 19.3. The van der Waals surface area contributed by atoms with Crippen molar-refractivity contribution in [3.05, 3.63) is 88.9 Å². The molecule has 2 aromatic carbocycles. The number of rotatable bonds is 5. The van der Waals surface area contributed by atoms with Crippen molar-refractivity contribution in [2.24, 2.45) is 0 Å². The van der Waals surface area contributed by atoms with Gasteiger partial charge in [-0.1, -0.05) is 42.5 Å². The van der Waals surface area contributed by atoms with Crippen LogP contribution in [0.4, 0.5) is 10.2 Å². The van der Waals surface area contributed by atoms with Gasteiger partial charge >= 0.3 is 0 Å². The third kappa shape index (κ3) is 4.01. The Morgan fingerprint density at radius 3 is 2.57 bits per heavy atom. The summed E-state index contributed by atoms with van der Waals surface area (Å²) in [5, 5.41) is 11.3. The van der Waals surface area contributed by atoms with Gasteiger partial charge in [0, 0.05) is 19.6 Å². The fourth-order valence-electron chi connectivity index (χ4n) is 3.40. The van der Waals surface area contributed by atoms with E-state index in [1.165, 1.54) is 17.2 Å². The van der Waals surface area contributed by atoms with Crippen LogP contribution in [0.15, 0.2) is 60.7 Å². The minimum Gasteiger partial charge on any atom is -0.368 e. The van der Waals surface area contributed by atoms with Gasteiger partial charge in [0.15, 0.2) is 5.69 Å². The molecule has 5 nitrogen and oxygen atoms in total. The van der Waals surface area contributed by atoms with Crippen molar-refractivity contribution in [1.29, 1.82) is 0 Å². The van der Waals surface area contributed by atoms with Gasteiger partial charge in [0.25, 0.3) is 5.91 Å². The van der Waals surface area contributed by atoms with E-state index in [4.69, 9.17) is 0 Å². The largest absolute Gasteiger partial charge is 0.368 e. The maximum absolute atomic E-state index is 13.6. The van der Waals surface area contributed by atoms with Gasteiger partial charge in [-0.2, -0.15) is 0 Å². The van der Waals surface area contributed by atoms with Crippen molar-refractivity contribution in [3.8, 4) is 0 Å². The number of benzene rings is 2. The zero-order valence-electron chi connectivity index (χ0n) is 15.4. The molecule has 6 heteroatoms. The van der Waals surface area contributed by atoms with Gasteiger partial charge in [-0.15, -0.1) is 10.2 Å². The van der Waals surface area contributed by atoms with Crippen LogP contribution in [-0.2, 0) is 19.4 Å². The summed E-state index contributed by atoms with van der Waals surface area (Å²) in [4.78, 5) is 14.5. The predicted octanol–water partition coefficient (Wildman–Crippen LogP) is 3.47. The van der Waals surface area contributed by atoms with Crippen LogP contribution in [0.1, 0.15) is 27.2 Å². The van der Waals surface area contributed by atoms with Gasteiger partial charge < -0.3 is 10.2 Å². The first-order valence-electron chi connectivity index (χ1n) is 9.38. The maximum Gasteiger partial charge on any atom is 0.274 e.